The number of carboxylic acid groups (broad SMARTS) is 1. The van der Waals surface area contributed by atoms with Crippen molar-refractivity contribution < 1.29 is 9.90 Å². The third kappa shape index (κ3) is 1.52. The quantitative estimate of drug-likeness (QED) is 0.645. The maximum absolute atomic E-state index is 10.9. The Bertz CT molecular complexity index is 734. The van der Waals surface area contributed by atoms with E-state index in [1.807, 2.05) is 30.3 Å². The summed E-state index contributed by atoms with van der Waals surface area (Å²) in [7, 11) is 0. The number of carbonyl (C=O) groups is 1. The van der Waals surface area contributed by atoms with Crippen LogP contribution < -0.4 is 0 Å². The van der Waals surface area contributed by atoms with Gasteiger partial charge in [0, 0.05) is 11.6 Å². The van der Waals surface area contributed by atoms with E-state index in [-0.39, 0.29) is 0 Å². The maximum atomic E-state index is 10.9. The molecule has 0 saturated carbocycles. The molecule has 0 saturated heterocycles. The molecule has 3 nitrogen and oxygen atoms in total. The monoisotopic (exact) mass is 223 g/mol. The predicted molar refractivity (Wildman–Crippen MR) is 66.2 cm³/mol. The van der Waals surface area contributed by atoms with Gasteiger partial charge in [0.15, 0.2) is 0 Å². The van der Waals surface area contributed by atoms with Crippen LogP contribution in [0.4, 0.5) is 0 Å². The zero-order valence-electron chi connectivity index (χ0n) is 8.92. The lowest BCUT2D eigenvalue weighted by molar-refractivity contribution is 0.0697. The van der Waals surface area contributed by atoms with E-state index in [1.165, 1.54) is 0 Å². The van der Waals surface area contributed by atoms with Gasteiger partial charge in [-0.1, -0.05) is 18.2 Å². The van der Waals surface area contributed by atoms with E-state index in [0.717, 1.165) is 21.7 Å². The summed E-state index contributed by atoms with van der Waals surface area (Å²) in [5.41, 5.74) is 1.23. The molecule has 1 heterocycles. The molecule has 2 aromatic carbocycles. The van der Waals surface area contributed by atoms with Crippen LogP contribution in [0, 0.1) is 0 Å². The largest absolute Gasteiger partial charge is 0.478 e. The van der Waals surface area contributed by atoms with Crippen molar-refractivity contribution >= 4 is 27.6 Å². The van der Waals surface area contributed by atoms with Gasteiger partial charge in [-0.25, -0.2) is 4.79 Å². The fourth-order valence-corrected chi connectivity index (χ4v) is 2.03. The van der Waals surface area contributed by atoms with Crippen LogP contribution in [0.1, 0.15) is 10.4 Å². The lowest BCUT2D eigenvalue weighted by Crippen LogP contribution is -1.95. The van der Waals surface area contributed by atoms with Crippen LogP contribution in [0.5, 0.6) is 0 Å². The van der Waals surface area contributed by atoms with E-state index in [4.69, 9.17) is 5.11 Å². The van der Waals surface area contributed by atoms with E-state index in [2.05, 4.69) is 4.98 Å². The van der Waals surface area contributed by atoms with Crippen LogP contribution in [0.15, 0.2) is 48.7 Å². The van der Waals surface area contributed by atoms with E-state index in [0.29, 0.717) is 5.56 Å². The second kappa shape index (κ2) is 3.56. The maximum Gasteiger partial charge on any atom is 0.335 e. The highest BCUT2D eigenvalue weighted by atomic mass is 16.4. The molecule has 0 atom stereocenters. The zero-order chi connectivity index (χ0) is 11.8. The number of carboxylic acids is 1. The lowest BCUT2D eigenvalue weighted by Gasteiger charge is -2.03. The number of hydrogen-bond donors (Lipinski definition) is 1. The molecule has 3 rings (SSSR count). The van der Waals surface area contributed by atoms with Crippen molar-refractivity contribution in [1.29, 1.82) is 0 Å². The van der Waals surface area contributed by atoms with Gasteiger partial charge < -0.3 is 5.11 Å². The summed E-state index contributed by atoms with van der Waals surface area (Å²) in [6, 6.07) is 12.8. The minimum atomic E-state index is -0.904. The van der Waals surface area contributed by atoms with Crippen molar-refractivity contribution in [2.75, 3.05) is 0 Å². The summed E-state index contributed by atoms with van der Waals surface area (Å²) in [5.74, 6) is -0.904. The van der Waals surface area contributed by atoms with Crippen molar-refractivity contribution in [1.82, 2.24) is 4.98 Å². The Kier molecular flexibility index (Phi) is 2.05. The van der Waals surface area contributed by atoms with E-state index >= 15 is 0 Å². The molecule has 3 aromatic rings. The highest BCUT2D eigenvalue weighted by Gasteiger charge is 2.05. The summed E-state index contributed by atoms with van der Waals surface area (Å²) >= 11 is 0. The summed E-state index contributed by atoms with van der Waals surface area (Å²) in [5, 5.41) is 11.9. The van der Waals surface area contributed by atoms with Gasteiger partial charge in [0.2, 0.25) is 0 Å². The number of nitrogens with zero attached hydrogens (tertiary/aromatic N) is 1. The van der Waals surface area contributed by atoms with Gasteiger partial charge in [0.25, 0.3) is 0 Å². The van der Waals surface area contributed by atoms with Crippen LogP contribution in [-0.2, 0) is 0 Å². The summed E-state index contributed by atoms with van der Waals surface area (Å²) < 4.78 is 0. The molecule has 17 heavy (non-hydrogen) atoms. The van der Waals surface area contributed by atoms with Crippen molar-refractivity contribution in [2.45, 2.75) is 0 Å². The number of fused-ring (bicyclic) bond motifs is 3. The first kappa shape index (κ1) is 9.78. The SMILES string of the molecule is O=C(O)c1ccc2c(ccc3ncccc32)c1. The Hall–Kier alpha value is -2.42. The fourth-order valence-electron chi connectivity index (χ4n) is 2.03. The first-order valence-corrected chi connectivity index (χ1v) is 5.26. The predicted octanol–water partition coefficient (Wildman–Crippen LogP) is 3.09. The molecule has 0 radical (unpaired) electrons. The Morgan fingerprint density at radius 3 is 2.76 bits per heavy atom. The van der Waals surface area contributed by atoms with Gasteiger partial charge in [-0.15, -0.1) is 0 Å². The highest BCUT2D eigenvalue weighted by molar-refractivity contribution is 6.07. The van der Waals surface area contributed by atoms with Crippen LogP contribution in [0.2, 0.25) is 0 Å². The first-order chi connectivity index (χ1) is 8.25. The second-order valence-electron chi connectivity index (χ2n) is 3.88. The van der Waals surface area contributed by atoms with Crippen LogP contribution in [-0.4, -0.2) is 16.1 Å². The van der Waals surface area contributed by atoms with Gasteiger partial charge in [0.1, 0.15) is 0 Å². The highest BCUT2D eigenvalue weighted by Crippen LogP contribution is 2.24. The Morgan fingerprint density at radius 2 is 1.94 bits per heavy atom. The summed E-state index contributed by atoms with van der Waals surface area (Å²) in [6.07, 6.45) is 1.75. The first-order valence-electron chi connectivity index (χ1n) is 5.26. The van der Waals surface area contributed by atoms with Crippen LogP contribution >= 0.6 is 0 Å². The minimum Gasteiger partial charge on any atom is -0.478 e. The molecule has 0 spiro atoms. The molecular weight excluding hydrogens is 214 g/mol. The van der Waals surface area contributed by atoms with Crippen molar-refractivity contribution in [3.63, 3.8) is 0 Å². The van der Waals surface area contributed by atoms with Gasteiger partial charge >= 0.3 is 5.97 Å². The molecule has 1 N–H and O–H groups in total. The van der Waals surface area contributed by atoms with E-state index < -0.39 is 5.97 Å². The van der Waals surface area contributed by atoms with E-state index in [9.17, 15) is 4.79 Å². The molecule has 0 aliphatic carbocycles. The number of aromatic nitrogens is 1. The summed E-state index contributed by atoms with van der Waals surface area (Å²) in [4.78, 5) is 15.2. The molecule has 0 bridgehead atoms. The molecule has 1 aromatic heterocycles. The third-order valence-electron chi connectivity index (χ3n) is 2.85. The van der Waals surface area contributed by atoms with Gasteiger partial charge in [-0.3, -0.25) is 4.98 Å². The molecular formula is C14H9NO2. The molecule has 82 valence electrons. The number of benzene rings is 2. The molecule has 3 heteroatoms. The standard InChI is InChI=1S/C14H9NO2/c16-14(17)10-3-5-11-9(8-10)4-6-13-12(11)2-1-7-15-13/h1-8H,(H,16,17). The molecule has 0 unspecified atom stereocenters. The second-order valence-corrected chi connectivity index (χ2v) is 3.88. The number of pyridine rings is 1. The Labute approximate surface area is 97.3 Å². The van der Waals surface area contributed by atoms with Crippen molar-refractivity contribution in [3.8, 4) is 0 Å². The fraction of sp³-hybridized carbons (Fsp3) is 0. The van der Waals surface area contributed by atoms with Crippen molar-refractivity contribution in [3.05, 3.63) is 54.2 Å². The van der Waals surface area contributed by atoms with Crippen LogP contribution in [0.25, 0.3) is 21.7 Å². The van der Waals surface area contributed by atoms with Crippen LogP contribution in [0.3, 0.4) is 0 Å². The van der Waals surface area contributed by atoms with Gasteiger partial charge in [-0.05, 0) is 35.0 Å². The number of aromatic carboxylic acids is 1. The average Bonchev–Trinajstić information content (AvgIpc) is 2.38. The minimum absolute atomic E-state index is 0.306. The van der Waals surface area contributed by atoms with Gasteiger partial charge in [0.05, 0.1) is 11.1 Å². The topological polar surface area (TPSA) is 50.2 Å². The normalized spacial score (nSPS) is 10.8. The molecule has 0 aliphatic rings. The molecule has 0 aliphatic heterocycles. The number of rotatable bonds is 1. The lowest BCUT2D eigenvalue weighted by atomic mass is 10.0. The third-order valence-corrected chi connectivity index (χ3v) is 2.85. The molecule has 0 amide bonds. The smallest absolute Gasteiger partial charge is 0.335 e. The van der Waals surface area contributed by atoms with E-state index in [1.54, 1.807) is 18.3 Å². The molecule has 0 fully saturated rings. The van der Waals surface area contributed by atoms with Crippen molar-refractivity contribution in [2.24, 2.45) is 0 Å². The Morgan fingerprint density at radius 1 is 1.06 bits per heavy atom. The average molecular weight is 223 g/mol. The number of hydrogen-bond acceptors (Lipinski definition) is 2. The summed E-state index contributed by atoms with van der Waals surface area (Å²) in [6.45, 7) is 0. The Balaban J connectivity index is 2.41. The van der Waals surface area contributed by atoms with Gasteiger partial charge in [-0.2, -0.15) is 0 Å². The zero-order valence-corrected chi connectivity index (χ0v) is 8.92.